The number of hydrogen-bond donors (Lipinski definition) is 1. The van der Waals surface area contributed by atoms with Crippen LogP contribution in [0.4, 0.5) is 13.2 Å². The van der Waals surface area contributed by atoms with Gasteiger partial charge in [0.25, 0.3) is 11.8 Å². The summed E-state index contributed by atoms with van der Waals surface area (Å²) in [6, 6.07) is 13.2. The van der Waals surface area contributed by atoms with Crippen molar-refractivity contribution in [1.82, 2.24) is 20.0 Å². The third kappa shape index (κ3) is 5.13. The molecule has 0 aliphatic carbocycles. The lowest BCUT2D eigenvalue weighted by molar-refractivity contribution is -0.143. The Balaban J connectivity index is 1.51. The zero-order valence-corrected chi connectivity index (χ0v) is 18.7. The van der Waals surface area contributed by atoms with Gasteiger partial charge in [-0.15, -0.1) is 0 Å². The Morgan fingerprint density at radius 2 is 1.74 bits per heavy atom. The molecule has 1 N–H and O–H groups in total. The molecule has 178 valence electrons. The number of amides is 2. The first kappa shape index (κ1) is 23.5. The second-order valence-corrected chi connectivity index (χ2v) is 8.39. The summed E-state index contributed by atoms with van der Waals surface area (Å²) in [4.78, 5) is 27.2. The Morgan fingerprint density at radius 1 is 1.03 bits per heavy atom. The molecule has 0 radical (unpaired) electrons. The summed E-state index contributed by atoms with van der Waals surface area (Å²) < 4.78 is 42.3. The van der Waals surface area contributed by atoms with E-state index in [4.69, 9.17) is 0 Å². The predicted molar refractivity (Wildman–Crippen MR) is 121 cm³/mol. The number of likely N-dealkylation sites (tertiary alicyclic amines) is 1. The summed E-state index contributed by atoms with van der Waals surface area (Å²) in [6.07, 6.45) is -0.808. The molecule has 1 aliphatic rings. The second kappa shape index (κ2) is 9.70. The number of aryl methyl sites for hydroxylation is 1. The van der Waals surface area contributed by atoms with Crippen LogP contribution in [-0.4, -0.2) is 39.6 Å². The number of alkyl halides is 3. The summed E-state index contributed by atoms with van der Waals surface area (Å²) in [7, 11) is 0. The molecule has 1 aromatic heterocycles. The van der Waals surface area contributed by atoms with Crippen LogP contribution in [0.5, 0.6) is 0 Å². The van der Waals surface area contributed by atoms with E-state index in [1.807, 2.05) is 6.92 Å². The van der Waals surface area contributed by atoms with Crippen LogP contribution in [0.2, 0.25) is 0 Å². The number of halogens is 3. The highest BCUT2D eigenvalue weighted by Crippen LogP contribution is 2.33. The van der Waals surface area contributed by atoms with Crippen LogP contribution in [0, 0.1) is 6.92 Å². The number of nitrogens with one attached hydrogen (secondary N) is 1. The van der Waals surface area contributed by atoms with Crippen LogP contribution in [0.3, 0.4) is 0 Å². The molecule has 1 saturated heterocycles. The molecule has 2 aromatic carbocycles. The zero-order valence-electron chi connectivity index (χ0n) is 18.7. The van der Waals surface area contributed by atoms with Gasteiger partial charge in [-0.25, -0.2) is 4.68 Å². The fourth-order valence-electron chi connectivity index (χ4n) is 4.04. The van der Waals surface area contributed by atoms with E-state index in [0.29, 0.717) is 24.2 Å². The van der Waals surface area contributed by atoms with E-state index in [9.17, 15) is 22.8 Å². The number of carbonyl (C=O) groups is 2. The van der Waals surface area contributed by atoms with Gasteiger partial charge in [0.15, 0.2) is 5.69 Å². The van der Waals surface area contributed by atoms with Crippen LogP contribution in [0.1, 0.15) is 56.8 Å². The molecule has 0 atom stereocenters. The molecular weight excluding hydrogens is 445 g/mol. The third-order valence-electron chi connectivity index (χ3n) is 5.83. The number of nitrogens with zero attached hydrogens (tertiary/aromatic N) is 3. The summed E-state index contributed by atoms with van der Waals surface area (Å²) in [6.45, 7) is 3.23. The molecule has 2 amide bonds. The molecule has 1 fully saturated rings. The maximum atomic E-state index is 13.9. The number of piperidine rings is 1. The summed E-state index contributed by atoms with van der Waals surface area (Å²) in [5.74, 6) is -0.968. The zero-order chi connectivity index (χ0) is 24.3. The molecule has 9 heteroatoms. The van der Waals surface area contributed by atoms with Crippen molar-refractivity contribution in [2.45, 2.75) is 38.9 Å². The Kier molecular flexibility index (Phi) is 6.72. The number of benzene rings is 2. The van der Waals surface area contributed by atoms with Crippen molar-refractivity contribution >= 4 is 11.8 Å². The molecule has 0 saturated carbocycles. The van der Waals surface area contributed by atoms with E-state index in [2.05, 4.69) is 10.4 Å². The first-order valence-corrected chi connectivity index (χ1v) is 11.1. The quantitative estimate of drug-likeness (QED) is 0.585. The average Bonchev–Trinajstić information content (AvgIpc) is 3.29. The number of carbonyl (C=O) groups excluding carboxylic acids is 2. The van der Waals surface area contributed by atoms with E-state index in [1.54, 1.807) is 41.3 Å². The fraction of sp³-hybridized carbons (Fsp3) is 0.320. The Hall–Kier alpha value is -3.62. The Labute approximate surface area is 195 Å². The van der Waals surface area contributed by atoms with Gasteiger partial charge in [0.1, 0.15) is 0 Å². The van der Waals surface area contributed by atoms with Gasteiger partial charge in [-0.1, -0.05) is 29.8 Å². The Morgan fingerprint density at radius 3 is 2.41 bits per heavy atom. The van der Waals surface area contributed by atoms with Crippen molar-refractivity contribution < 1.29 is 22.8 Å². The summed E-state index contributed by atoms with van der Waals surface area (Å²) in [5.41, 5.74) is 0.522. The van der Waals surface area contributed by atoms with Crippen molar-refractivity contribution in [3.63, 3.8) is 0 Å². The molecule has 3 aromatic rings. The summed E-state index contributed by atoms with van der Waals surface area (Å²) >= 11 is 0. The van der Waals surface area contributed by atoms with Gasteiger partial charge in [-0.05, 0) is 56.0 Å². The largest absolute Gasteiger partial charge is 0.434 e. The van der Waals surface area contributed by atoms with Gasteiger partial charge in [0.05, 0.1) is 17.4 Å². The molecule has 34 heavy (non-hydrogen) atoms. The SMILES string of the molecule is Cc1ccc(-n2ncc(C(=O)NCc3cccc(C(=O)N4CCCCC4)c3)c2C(F)(F)F)cc1. The van der Waals surface area contributed by atoms with Crippen LogP contribution in [0.15, 0.2) is 54.7 Å². The van der Waals surface area contributed by atoms with Gasteiger partial charge >= 0.3 is 6.18 Å². The van der Waals surface area contributed by atoms with Gasteiger partial charge in [0.2, 0.25) is 0 Å². The highest BCUT2D eigenvalue weighted by Gasteiger charge is 2.40. The first-order chi connectivity index (χ1) is 16.2. The molecule has 2 heterocycles. The molecule has 0 spiro atoms. The lowest BCUT2D eigenvalue weighted by Gasteiger charge is -2.26. The summed E-state index contributed by atoms with van der Waals surface area (Å²) in [5, 5.41) is 6.36. The maximum Gasteiger partial charge on any atom is 0.434 e. The van der Waals surface area contributed by atoms with E-state index in [1.165, 1.54) is 12.1 Å². The van der Waals surface area contributed by atoms with Gasteiger partial charge in [0, 0.05) is 25.2 Å². The van der Waals surface area contributed by atoms with Crippen LogP contribution < -0.4 is 5.32 Å². The van der Waals surface area contributed by atoms with Gasteiger partial charge in [-0.2, -0.15) is 18.3 Å². The van der Waals surface area contributed by atoms with Gasteiger partial charge in [-0.3, -0.25) is 9.59 Å². The minimum absolute atomic E-state index is 0.0209. The standard InChI is InChI=1S/C25H25F3N4O2/c1-17-8-10-20(11-9-17)32-22(25(26,27)28)21(16-30-32)23(33)29-15-18-6-5-7-19(14-18)24(34)31-12-3-2-4-13-31/h5-11,14,16H,2-4,12-13,15H2,1H3,(H,29,33). The predicted octanol–water partition coefficient (Wildman–Crippen LogP) is 4.76. The lowest BCUT2D eigenvalue weighted by Crippen LogP contribution is -2.35. The van der Waals surface area contributed by atoms with Crippen molar-refractivity contribution in [2.24, 2.45) is 0 Å². The molecule has 1 aliphatic heterocycles. The maximum absolute atomic E-state index is 13.9. The minimum atomic E-state index is -4.78. The smallest absolute Gasteiger partial charge is 0.348 e. The normalized spacial score (nSPS) is 14.2. The number of hydrogen-bond acceptors (Lipinski definition) is 3. The van der Waals surface area contributed by atoms with Crippen molar-refractivity contribution in [3.05, 3.63) is 82.7 Å². The molecular formula is C25H25F3N4O2. The third-order valence-corrected chi connectivity index (χ3v) is 5.83. The molecule has 6 nitrogen and oxygen atoms in total. The van der Waals surface area contributed by atoms with Crippen LogP contribution >= 0.6 is 0 Å². The minimum Gasteiger partial charge on any atom is -0.348 e. The van der Waals surface area contributed by atoms with E-state index in [-0.39, 0.29) is 18.1 Å². The van der Waals surface area contributed by atoms with Crippen molar-refractivity contribution in [1.29, 1.82) is 0 Å². The second-order valence-electron chi connectivity index (χ2n) is 8.39. The topological polar surface area (TPSA) is 67.2 Å². The highest BCUT2D eigenvalue weighted by molar-refractivity contribution is 5.96. The van der Waals surface area contributed by atoms with E-state index >= 15 is 0 Å². The highest BCUT2D eigenvalue weighted by atomic mass is 19.4. The molecule has 4 rings (SSSR count). The Bertz CT molecular complexity index is 1180. The average molecular weight is 470 g/mol. The van der Waals surface area contributed by atoms with Crippen molar-refractivity contribution in [3.8, 4) is 5.69 Å². The molecule has 0 unspecified atom stereocenters. The number of aromatic nitrogens is 2. The fourth-order valence-corrected chi connectivity index (χ4v) is 4.04. The van der Waals surface area contributed by atoms with Crippen LogP contribution in [0.25, 0.3) is 5.69 Å². The molecule has 0 bridgehead atoms. The van der Waals surface area contributed by atoms with Crippen molar-refractivity contribution in [2.75, 3.05) is 13.1 Å². The number of rotatable bonds is 5. The lowest BCUT2D eigenvalue weighted by atomic mass is 10.1. The van der Waals surface area contributed by atoms with Crippen LogP contribution in [-0.2, 0) is 12.7 Å². The van der Waals surface area contributed by atoms with Gasteiger partial charge < -0.3 is 10.2 Å². The monoisotopic (exact) mass is 470 g/mol. The van der Waals surface area contributed by atoms with E-state index < -0.39 is 23.3 Å². The van der Waals surface area contributed by atoms with E-state index in [0.717, 1.165) is 35.7 Å². The first-order valence-electron chi connectivity index (χ1n) is 11.1.